The van der Waals surface area contributed by atoms with Crippen LogP contribution in [0.1, 0.15) is 49.9 Å². The summed E-state index contributed by atoms with van der Waals surface area (Å²) in [5, 5.41) is 6.87. The highest BCUT2D eigenvalue weighted by atomic mass is 32.1. The van der Waals surface area contributed by atoms with Crippen LogP contribution in [0.4, 0.5) is 17.1 Å². The van der Waals surface area contributed by atoms with Gasteiger partial charge in [0.2, 0.25) is 0 Å². The molecule has 0 atom stereocenters. The van der Waals surface area contributed by atoms with Gasteiger partial charge < -0.3 is 13.7 Å². The molecule has 9 aromatic carbocycles. The highest BCUT2D eigenvalue weighted by Crippen LogP contribution is 2.55. The molecule has 64 heavy (non-hydrogen) atoms. The summed E-state index contributed by atoms with van der Waals surface area (Å²) in [6.07, 6.45) is 0. The van der Waals surface area contributed by atoms with Gasteiger partial charge in [0, 0.05) is 69.5 Å². The molecule has 0 radical (unpaired) electrons. The van der Waals surface area contributed by atoms with Gasteiger partial charge in [0.25, 0.3) is 0 Å². The molecule has 304 valence electrons. The first-order valence-electron chi connectivity index (χ1n) is 22.2. The van der Waals surface area contributed by atoms with E-state index < -0.39 is 0 Å². The van der Waals surface area contributed by atoms with Crippen molar-refractivity contribution in [3.63, 3.8) is 0 Å². The summed E-state index contributed by atoms with van der Waals surface area (Å²) in [6.45, 7) is 9.45. The van der Waals surface area contributed by atoms with Crippen LogP contribution in [0, 0.1) is 0 Å². The molecular formula is C60H41NO2S. The lowest BCUT2D eigenvalue weighted by atomic mass is 9.82. The zero-order valence-electron chi connectivity index (χ0n) is 35.9. The quantitative estimate of drug-likeness (QED) is 0.177. The Kier molecular flexibility index (Phi) is 7.12. The van der Waals surface area contributed by atoms with Gasteiger partial charge in [-0.1, -0.05) is 149 Å². The van der Waals surface area contributed by atoms with Crippen LogP contribution >= 0.6 is 11.3 Å². The Morgan fingerprint density at radius 1 is 0.391 bits per heavy atom. The van der Waals surface area contributed by atoms with Gasteiger partial charge in [-0.05, 0) is 105 Å². The average molecular weight is 840 g/mol. The maximum Gasteiger partial charge on any atom is 0.160 e. The highest BCUT2D eigenvalue weighted by Gasteiger charge is 2.38. The molecule has 0 aliphatic heterocycles. The van der Waals surface area contributed by atoms with E-state index in [-0.39, 0.29) is 10.8 Å². The SMILES string of the molecule is CC1(C)c2ccccc2-c2ccc(N(c3ccc4c(c3)C(C)(C)c3ccccc3-4)c3ccc(-c4cccc5c4sc4ccccc45)c4c3oc3ccc5oc6ccccc6c5c34)cc21. The largest absolute Gasteiger partial charge is 0.456 e. The lowest BCUT2D eigenvalue weighted by Gasteiger charge is -2.30. The minimum Gasteiger partial charge on any atom is -0.456 e. The molecule has 3 nitrogen and oxygen atoms in total. The fraction of sp³-hybridized carbons (Fsp3) is 0.100. The molecule has 14 rings (SSSR count). The summed E-state index contributed by atoms with van der Waals surface area (Å²) in [5.74, 6) is 0. The number of thiophene rings is 1. The molecule has 0 N–H and O–H groups in total. The Bertz CT molecular complexity index is 3880. The van der Waals surface area contributed by atoms with E-state index >= 15 is 0 Å². The Morgan fingerprint density at radius 3 is 1.64 bits per heavy atom. The van der Waals surface area contributed by atoms with E-state index in [4.69, 9.17) is 8.83 Å². The van der Waals surface area contributed by atoms with Crippen LogP contribution in [-0.2, 0) is 10.8 Å². The third kappa shape index (κ3) is 4.70. The van der Waals surface area contributed by atoms with Crippen molar-refractivity contribution in [2.45, 2.75) is 38.5 Å². The fourth-order valence-electron chi connectivity index (χ4n) is 11.6. The maximum absolute atomic E-state index is 7.36. The molecule has 3 aromatic heterocycles. The first kappa shape index (κ1) is 36.1. The van der Waals surface area contributed by atoms with Crippen LogP contribution in [0.3, 0.4) is 0 Å². The minimum absolute atomic E-state index is 0.176. The second-order valence-corrected chi connectivity index (χ2v) is 19.8. The summed E-state index contributed by atoms with van der Waals surface area (Å²) in [5.41, 5.74) is 19.1. The molecule has 2 aliphatic rings. The first-order chi connectivity index (χ1) is 31.3. The van der Waals surface area contributed by atoms with E-state index in [1.54, 1.807) is 0 Å². The smallest absolute Gasteiger partial charge is 0.160 e. The van der Waals surface area contributed by atoms with Crippen molar-refractivity contribution in [3.05, 3.63) is 198 Å². The third-order valence-electron chi connectivity index (χ3n) is 14.7. The number of hydrogen-bond donors (Lipinski definition) is 0. The normalized spacial score (nSPS) is 14.5. The van der Waals surface area contributed by atoms with Crippen LogP contribution in [0.25, 0.3) is 97.4 Å². The second-order valence-electron chi connectivity index (χ2n) is 18.8. The lowest BCUT2D eigenvalue weighted by Crippen LogP contribution is -2.18. The standard InChI is InChI=1S/C60H41NO2S/c1-59(2)45-20-9-5-14-36(45)38-26-24-34(32-47(38)59)61(35-25-27-39-37-15-6-10-21-46(37)60(3,4)48(39)33-35)49-29-28-41(43-19-13-18-42-40-16-8-12-23-53(40)64-58(42)43)55-56-52(63-57(49)55)31-30-51-54(56)44-17-7-11-22-50(44)62-51/h5-33H,1-4H3. The van der Waals surface area contributed by atoms with Crippen LogP contribution in [-0.4, -0.2) is 0 Å². The van der Waals surface area contributed by atoms with Crippen molar-refractivity contribution in [1.29, 1.82) is 0 Å². The molecular weight excluding hydrogens is 799 g/mol. The number of furan rings is 2. The number of para-hydroxylation sites is 1. The van der Waals surface area contributed by atoms with E-state index in [2.05, 4.69) is 202 Å². The van der Waals surface area contributed by atoms with Gasteiger partial charge in [-0.2, -0.15) is 0 Å². The highest BCUT2D eigenvalue weighted by molar-refractivity contribution is 7.26. The van der Waals surface area contributed by atoms with Gasteiger partial charge in [-0.15, -0.1) is 11.3 Å². The molecule has 0 spiro atoms. The average Bonchev–Trinajstić information content (AvgIpc) is 4.11. The zero-order valence-corrected chi connectivity index (χ0v) is 36.7. The molecule has 2 aliphatic carbocycles. The minimum atomic E-state index is -0.176. The van der Waals surface area contributed by atoms with Gasteiger partial charge in [-0.25, -0.2) is 0 Å². The molecule has 0 bridgehead atoms. The summed E-state index contributed by atoms with van der Waals surface area (Å²) in [7, 11) is 0. The number of anilines is 3. The van der Waals surface area contributed by atoms with Crippen LogP contribution < -0.4 is 4.90 Å². The monoisotopic (exact) mass is 839 g/mol. The first-order valence-corrected chi connectivity index (χ1v) is 23.1. The number of rotatable bonds is 4. The van der Waals surface area contributed by atoms with E-state index in [1.807, 2.05) is 17.4 Å². The van der Waals surface area contributed by atoms with Crippen molar-refractivity contribution < 1.29 is 8.83 Å². The molecule has 0 fully saturated rings. The molecule has 0 saturated heterocycles. The Morgan fingerprint density at radius 2 is 0.938 bits per heavy atom. The Labute approximate surface area is 374 Å². The van der Waals surface area contributed by atoms with Crippen molar-refractivity contribution >= 4 is 92.4 Å². The molecule has 4 heteroatoms. The summed E-state index contributed by atoms with van der Waals surface area (Å²) >= 11 is 1.86. The molecule has 0 unspecified atom stereocenters. The predicted molar refractivity (Wildman–Crippen MR) is 269 cm³/mol. The Balaban J connectivity index is 1.10. The molecule has 0 amide bonds. The number of benzene rings is 9. The molecule has 3 heterocycles. The van der Waals surface area contributed by atoms with Gasteiger partial charge in [-0.3, -0.25) is 0 Å². The predicted octanol–water partition coefficient (Wildman–Crippen LogP) is 17.6. The van der Waals surface area contributed by atoms with Crippen LogP contribution in [0.5, 0.6) is 0 Å². The lowest BCUT2D eigenvalue weighted by molar-refractivity contribution is 0.659. The van der Waals surface area contributed by atoms with Crippen molar-refractivity contribution in [2.24, 2.45) is 0 Å². The molecule has 0 saturated carbocycles. The van der Waals surface area contributed by atoms with E-state index in [9.17, 15) is 0 Å². The van der Waals surface area contributed by atoms with Crippen molar-refractivity contribution in [2.75, 3.05) is 4.90 Å². The van der Waals surface area contributed by atoms with Crippen molar-refractivity contribution in [3.8, 4) is 33.4 Å². The zero-order chi connectivity index (χ0) is 42.6. The van der Waals surface area contributed by atoms with E-state index in [0.29, 0.717) is 0 Å². The van der Waals surface area contributed by atoms with E-state index in [0.717, 1.165) is 66.5 Å². The summed E-state index contributed by atoms with van der Waals surface area (Å²) in [4.78, 5) is 2.46. The Hall–Kier alpha value is -7.40. The molecule has 12 aromatic rings. The summed E-state index contributed by atoms with van der Waals surface area (Å²) < 4.78 is 16.5. The van der Waals surface area contributed by atoms with Gasteiger partial charge in [0.15, 0.2) is 5.58 Å². The van der Waals surface area contributed by atoms with E-state index in [1.165, 1.54) is 70.2 Å². The van der Waals surface area contributed by atoms with Gasteiger partial charge in [0.1, 0.15) is 16.7 Å². The van der Waals surface area contributed by atoms with Crippen LogP contribution in [0.2, 0.25) is 0 Å². The second kappa shape index (κ2) is 12.6. The number of fused-ring (bicyclic) bond motifs is 16. The fourth-order valence-corrected chi connectivity index (χ4v) is 12.8. The topological polar surface area (TPSA) is 29.5 Å². The van der Waals surface area contributed by atoms with Crippen molar-refractivity contribution in [1.82, 2.24) is 0 Å². The van der Waals surface area contributed by atoms with Gasteiger partial charge in [0.05, 0.1) is 5.69 Å². The maximum atomic E-state index is 7.36. The summed E-state index contributed by atoms with van der Waals surface area (Å²) in [6, 6.07) is 64.7. The number of hydrogen-bond acceptors (Lipinski definition) is 4. The van der Waals surface area contributed by atoms with Gasteiger partial charge >= 0.3 is 0 Å². The third-order valence-corrected chi connectivity index (χ3v) is 15.9. The van der Waals surface area contributed by atoms with Crippen LogP contribution in [0.15, 0.2) is 185 Å². The number of nitrogens with zero attached hydrogens (tertiary/aromatic N) is 1.